The molecule has 0 aliphatic carbocycles. The van der Waals surface area contributed by atoms with Crippen molar-refractivity contribution in [1.29, 1.82) is 0 Å². The van der Waals surface area contributed by atoms with Gasteiger partial charge >= 0.3 is 0 Å². The van der Waals surface area contributed by atoms with Gasteiger partial charge in [0.05, 0.1) is 4.92 Å². The van der Waals surface area contributed by atoms with E-state index in [1.165, 1.54) is 12.5 Å². The third-order valence-corrected chi connectivity index (χ3v) is 4.23. The minimum absolute atomic E-state index is 0.0164. The molecular formula is C17H25N3O3. The molecule has 1 amide bonds. The molecule has 1 N–H and O–H groups in total. The van der Waals surface area contributed by atoms with Gasteiger partial charge in [0.2, 0.25) is 0 Å². The van der Waals surface area contributed by atoms with Gasteiger partial charge < -0.3 is 10.2 Å². The maximum Gasteiger partial charge on any atom is 0.293 e. The molecule has 1 aliphatic heterocycles. The molecule has 0 aromatic heterocycles. The first kappa shape index (κ1) is 17.2. The predicted molar refractivity (Wildman–Crippen MR) is 91.0 cm³/mol. The van der Waals surface area contributed by atoms with Crippen molar-refractivity contribution in [2.45, 2.75) is 52.0 Å². The fourth-order valence-corrected chi connectivity index (χ4v) is 3.03. The number of benzene rings is 1. The molecule has 1 aliphatic rings. The Balaban J connectivity index is 2.21. The van der Waals surface area contributed by atoms with Crippen molar-refractivity contribution < 1.29 is 9.72 Å². The van der Waals surface area contributed by atoms with Gasteiger partial charge in [0.25, 0.3) is 11.6 Å². The van der Waals surface area contributed by atoms with Crippen molar-refractivity contribution in [3.63, 3.8) is 0 Å². The van der Waals surface area contributed by atoms with Gasteiger partial charge in [-0.15, -0.1) is 0 Å². The molecule has 0 saturated carbocycles. The smallest absolute Gasteiger partial charge is 0.293 e. The fraction of sp³-hybridized carbons (Fsp3) is 0.588. The Bertz CT molecular complexity index is 568. The molecule has 1 fully saturated rings. The summed E-state index contributed by atoms with van der Waals surface area (Å²) < 4.78 is 0. The van der Waals surface area contributed by atoms with Gasteiger partial charge in [-0.2, -0.15) is 0 Å². The highest BCUT2D eigenvalue weighted by Gasteiger charge is 2.23. The summed E-state index contributed by atoms with van der Waals surface area (Å²) >= 11 is 0. The lowest BCUT2D eigenvalue weighted by atomic mass is 10.1. The van der Waals surface area contributed by atoms with Crippen molar-refractivity contribution in [3.05, 3.63) is 33.9 Å². The number of carbonyl (C=O) groups is 1. The topological polar surface area (TPSA) is 75.5 Å². The van der Waals surface area contributed by atoms with Crippen LogP contribution in [0.2, 0.25) is 0 Å². The number of nitro benzene ring substituents is 1. The fourth-order valence-electron chi connectivity index (χ4n) is 3.03. The minimum Gasteiger partial charge on any atom is -0.366 e. The summed E-state index contributed by atoms with van der Waals surface area (Å²) in [6.07, 6.45) is 5.14. The number of rotatable bonds is 6. The van der Waals surface area contributed by atoms with Crippen LogP contribution in [-0.4, -0.2) is 30.0 Å². The summed E-state index contributed by atoms with van der Waals surface area (Å²) in [5.41, 5.74) is 0.982. The number of hydrogen-bond acceptors (Lipinski definition) is 4. The normalized spacial score (nSPS) is 16.0. The van der Waals surface area contributed by atoms with Crippen LogP contribution in [0.4, 0.5) is 11.4 Å². The average Bonchev–Trinajstić information content (AvgIpc) is 2.55. The third-order valence-electron chi connectivity index (χ3n) is 4.23. The molecule has 1 aromatic carbocycles. The predicted octanol–water partition coefficient (Wildman–Crippen LogP) is 3.50. The van der Waals surface area contributed by atoms with Gasteiger partial charge in [0.15, 0.2) is 0 Å². The molecule has 1 aromatic rings. The zero-order valence-corrected chi connectivity index (χ0v) is 13.9. The first-order chi connectivity index (χ1) is 11.0. The van der Waals surface area contributed by atoms with Gasteiger partial charge in [0, 0.05) is 30.8 Å². The lowest BCUT2D eigenvalue weighted by molar-refractivity contribution is -0.384. The number of piperidine rings is 1. The highest BCUT2D eigenvalue weighted by Crippen LogP contribution is 2.31. The number of anilines is 1. The molecule has 1 heterocycles. The number of carbonyl (C=O) groups excluding carboxylic acids is 1. The summed E-state index contributed by atoms with van der Waals surface area (Å²) in [6.45, 7) is 5.67. The molecule has 23 heavy (non-hydrogen) atoms. The Kier molecular flexibility index (Phi) is 5.96. The highest BCUT2D eigenvalue weighted by atomic mass is 16.6. The second-order valence-electron chi connectivity index (χ2n) is 6.17. The molecule has 0 unspecified atom stereocenters. The lowest BCUT2D eigenvalue weighted by Gasteiger charge is -2.28. The summed E-state index contributed by atoms with van der Waals surface area (Å²) in [4.78, 5) is 25.3. The maximum atomic E-state index is 12.2. The van der Waals surface area contributed by atoms with Gasteiger partial charge in [-0.05, 0) is 44.7 Å². The summed E-state index contributed by atoms with van der Waals surface area (Å²) in [5, 5.41) is 14.3. The van der Waals surface area contributed by atoms with E-state index in [0.717, 1.165) is 38.8 Å². The number of nitro groups is 1. The molecule has 126 valence electrons. The Morgan fingerprint density at radius 1 is 1.35 bits per heavy atom. The van der Waals surface area contributed by atoms with E-state index in [4.69, 9.17) is 0 Å². The van der Waals surface area contributed by atoms with Crippen molar-refractivity contribution in [2.75, 3.05) is 18.0 Å². The Morgan fingerprint density at radius 3 is 2.65 bits per heavy atom. The zero-order chi connectivity index (χ0) is 16.8. The zero-order valence-electron chi connectivity index (χ0n) is 13.9. The molecule has 6 heteroatoms. The second kappa shape index (κ2) is 7.94. The maximum absolute atomic E-state index is 12.2. The summed E-state index contributed by atoms with van der Waals surface area (Å²) in [7, 11) is 0. The first-order valence-electron chi connectivity index (χ1n) is 8.37. The van der Waals surface area contributed by atoms with Crippen LogP contribution in [0.15, 0.2) is 18.2 Å². The van der Waals surface area contributed by atoms with E-state index in [2.05, 4.69) is 12.2 Å². The van der Waals surface area contributed by atoms with Crippen LogP contribution in [0, 0.1) is 10.1 Å². The monoisotopic (exact) mass is 319 g/mol. The largest absolute Gasteiger partial charge is 0.366 e. The van der Waals surface area contributed by atoms with E-state index in [-0.39, 0.29) is 17.6 Å². The Labute approximate surface area is 137 Å². The van der Waals surface area contributed by atoms with Gasteiger partial charge in [-0.25, -0.2) is 0 Å². The van der Waals surface area contributed by atoms with Crippen molar-refractivity contribution >= 4 is 17.3 Å². The first-order valence-corrected chi connectivity index (χ1v) is 8.37. The molecule has 6 nitrogen and oxygen atoms in total. The number of hydrogen-bond donors (Lipinski definition) is 1. The Hall–Kier alpha value is -2.11. The van der Waals surface area contributed by atoms with E-state index in [0.29, 0.717) is 11.3 Å². The number of amides is 1. The van der Waals surface area contributed by atoms with E-state index in [1.54, 1.807) is 12.1 Å². The van der Waals surface area contributed by atoms with E-state index >= 15 is 0 Å². The molecule has 0 spiro atoms. The van der Waals surface area contributed by atoms with Gasteiger partial charge in [-0.3, -0.25) is 14.9 Å². The highest BCUT2D eigenvalue weighted by molar-refractivity contribution is 5.96. The lowest BCUT2D eigenvalue weighted by Crippen LogP contribution is -2.33. The molecule has 0 bridgehead atoms. The van der Waals surface area contributed by atoms with Gasteiger partial charge in [-0.1, -0.05) is 13.3 Å². The molecule has 0 radical (unpaired) electrons. The summed E-state index contributed by atoms with van der Waals surface area (Å²) in [6, 6.07) is 4.86. The van der Waals surface area contributed by atoms with Crippen molar-refractivity contribution in [2.24, 2.45) is 0 Å². The molecule has 1 saturated heterocycles. The third kappa shape index (κ3) is 4.43. The van der Waals surface area contributed by atoms with Crippen LogP contribution in [0.25, 0.3) is 0 Å². The van der Waals surface area contributed by atoms with E-state index in [9.17, 15) is 14.9 Å². The molecule has 2 rings (SSSR count). The molecule has 1 atom stereocenters. The number of nitrogens with one attached hydrogen (secondary N) is 1. The SMILES string of the molecule is CCC[C@H](C)NC(=O)c1ccc(N2CCCCC2)c([N+](=O)[O-])c1. The van der Waals surface area contributed by atoms with E-state index in [1.807, 2.05) is 11.8 Å². The number of nitrogens with zero attached hydrogens (tertiary/aromatic N) is 2. The van der Waals surface area contributed by atoms with Crippen LogP contribution in [0.1, 0.15) is 56.3 Å². The second-order valence-corrected chi connectivity index (χ2v) is 6.17. The quantitative estimate of drug-likeness (QED) is 0.643. The van der Waals surface area contributed by atoms with Crippen LogP contribution < -0.4 is 10.2 Å². The minimum atomic E-state index is -0.393. The summed E-state index contributed by atoms with van der Waals surface area (Å²) in [5.74, 6) is -0.251. The van der Waals surface area contributed by atoms with E-state index < -0.39 is 4.92 Å². The average molecular weight is 319 g/mol. The molecular weight excluding hydrogens is 294 g/mol. The Morgan fingerprint density at radius 2 is 2.04 bits per heavy atom. The standard InChI is InChI=1S/C17H25N3O3/c1-3-7-13(2)18-17(21)14-8-9-15(16(12-14)20(22)23)19-10-5-4-6-11-19/h8-9,12-13H,3-7,10-11H2,1-2H3,(H,18,21)/t13-/m0/s1. The van der Waals surface area contributed by atoms with Crippen molar-refractivity contribution in [3.8, 4) is 0 Å². The van der Waals surface area contributed by atoms with Crippen LogP contribution in [0.3, 0.4) is 0 Å². The van der Waals surface area contributed by atoms with Crippen molar-refractivity contribution in [1.82, 2.24) is 5.32 Å². The van der Waals surface area contributed by atoms with Gasteiger partial charge in [0.1, 0.15) is 5.69 Å². The van der Waals surface area contributed by atoms with Crippen LogP contribution >= 0.6 is 0 Å². The van der Waals surface area contributed by atoms with Crippen LogP contribution in [-0.2, 0) is 0 Å². The van der Waals surface area contributed by atoms with Crippen LogP contribution in [0.5, 0.6) is 0 Å².